The standard InChI is InChI=1S/C27H35N7O/c1-19-12-8-9-15-22(19)30-23(35)27(16-10-5-11-17-27)34-26-32-24(28-3)31-25(33-26)29-18-20(2)21-13-6-4-7-14-21/h4,6-9,12-15,20H,5,10-11,16-18H2,1-3H3,(H,30,35)(H3,28,29,31,32,33,34)/t20-/m0/s1. The lowest BCUT2D eigenvalue weighted by atomic mass is 9.81. The molecule has 8 nitrogen and oxygen atoms in total. The number of aromatic nitrogens is 3. The molecule has 0 spiro atoms. The fraction of sp³-hybridized carbons (Fsp3) is 0.407. The van der Waals surface area contributed by atoms with Crippen molar-refractivity contribution in [2.45, 2.75) is 57.4 Å². The smallest absolute Gasteiger partial charge is 0.250 e. The first kappa shape index (κ1) is 24.4. The first-order valence-corrected chi connectivity index (χ1v) is 12.4. The van der Waals surface area contributed by atoms with Crippen LogP contribution in [0.2, 0.25) is 0 Å². The molecular formula is C27H35N7O. The van der Waals surface area contributed by atoms with E-state index in [1.54, 1.807) is 7.05 Å². The molecule has 1 aromatic heterocycles. The van der Waals surface area contributed by atoms with E-state index in [9.17, 15) is 4.79 Å². The van der Waals surface area contributed by atoms with Gasteiger partial charge < -0.3 is 21.3 Å². The molecule has 35 heavy (non-hydrogen) atoms. The number of aryl methyl sites for hydroxylation is 1. The fourth-order valence-electron chi connectivity index (χ4n) is 4.50. The maximum absolute atomic E-state index is 13.6. The third kappa shape index (κ3) is 6.07. The molecule has 0 aliphatic heterocycles. The monoisotopic (exact) mass is 473 g/mol. The van der Waals surface area contributed by atoms with Crippen molar-refractivity contribution < 1.29 is 4.79 Å². The second-order valence-corrected chi connectivity index (χ2v) is 9.29. The molecule has 3 aromatic rings. The Morgan fingerprint density at radius 3 is 2.29 bits per heavy atom. The van der Waals surface area contributed by atoms with Crippen LogP contribution >= 0.6 is 0 Å². The van der Waals surface area contributed by atoms with E-state index in [0.717, 1.165) is 43.4 Å². The maximum Gasteiger partial charge on any atom is 0.250 e. The lowest BCUT2D eigenvalue weighted by Gasteiger charge is -2.36. The molecule has 1 saturated carbocycles. The number of amides is 1. The van der Waals surface area contributed by atoms with Crippen molar-refractivity contribution in [3.8, 4) is 0 Å². The highest BCUT2D eigenvalue weighted by Crippen LogP contribution is 2.33. The number of rotatable bonds is 9. The van der Waals surface area contributed by atoms with Crippen molar-refractivity contribution in [2.75, 3.05) is 34.9 Å². The highest BCUT2D eigenvalue weighted by atomic mass is 16.2. The van der Waals surface area contributed by atoms with E-state index in [2.05, 4.69) is 55.3 Å². The number of para-hydroxylation sites is 1. The SMILES string of the molecule is CNc1nc(NC[C@H](C)c2ccccc2)nc(NC2(C(=O)Nc3ccccc3C)CCCCC2)n1. The zero-order valence-corrected chi connectivity index (χ0v) is 20.8. The topological polar surface area (TPSA) is 104 Å². The zero-order chi connectivity index (χ0) is 24.7. The average molecular weight is 474 g/mol. The quantitative estimate of drug-likeness (QED) is 0.339. The van der Waals surface area contributed by atoms with Crippen molar-refractivity contribution in [1.82, 2.24) is 15.0 Å². The van der Waals surface area contributed by atoms with Gasteiger partial charge in [-0.2, -0.15) is 15.0 Å². The van der Waals surface area contributed by atoms with Crippen LogP contribution in [0.25, 0.3) is 0 Å². The zero-order valence-electron chi connectivity index (χ0n) is 20.8. The third-order valence-electron chi connectivity index (χ3n) is 6.68. The van der Waals surface area contributed by atoms with Gasteiger partial charge in [-0.05, 0) is 42.9 Å². The maximum atomic E-state index is 13.6. The number of nitrogens with one attached hydrogen (secondary N) is 4. The molecule has 1 amide bonds. The summed E-state index contributed by atoms with van der Waals surface area (Å²) in [5.41, 5.74) is 2.33. The van der Waals surface area contributed by atoms with Gasteiger partial charge in [0.15, 0.2) is 0 Å². The van der Waals surface area contributed by atoms with Gasteiger partial charge >= 0.3 is 0 Å². The summed E-state index contributed by atoms with van der Waals surface area (Å²) in [5, 5.41) is 12.9. The Balaban J connectivity index is 1.53. The van der Waals surface area contributed by atoms with Crippen LogP contribution in [0.15, 0.2) is 54.6 Å². The van der Waals surface area contributed by atoms with Crippen LogP contribution in [0.5, 0.6) is 0 Å². The molecule has 184 valence electrons. The van der Waals surface area contributed by atoms with E-state index < -0.39 is 5.54 Å². The van der Waals surface area contributed by atoms with Gasteiger partial charge in [-0.1, -0.05) is 74.7 Å². The Hall–Kier alpha value is -3.68. The predicted molar refractivity (Wildman–Crippen MR) is 142 cm³/mol. The summed E-state index contributed by atoms with van der Waals surface area (Å²) in [7, 11) is 1.77. The largest absolute Gasteiger partial charge is 0.357 e. The highest BCUT2D eigenvalue weighted by Gasteiger charge is 2.40. The first-order chi connectivity index (χ1) is 17.0. The molecule has 1 aliphatic rings. The van der Waals surface area contributed by atoms with E-state index in [0.29, 0.717) is 24.4 Å². The van der Waals surface area contributed by atoms with Crippen molar-refractivity contribution in [3.63, 3.8) is 0 Å². The van der Waals surface area contributed by atoms with E-state index >= 15 is 0 Å². The van der Waals surface area contributed by atoms with Gasteiger partial charge in [0.25, 0.3) is 0 Å². The summed E-state index contributed by atoms with van der Waals surface area (Å²) >= 11 is 0. The van der Waals surface area contributed by atoms with Gasteiger partial charge in [-0.15, -0.1) is 0 Å². The van der Waals surface area contributed by atoms with Crippen LogP contribution in [-0.4, -0.2) is 40.0 Å². The summed E-state index contributed by atoms with van der Waals surface area (Å²) in [4.78, 5) is 27.2. The number of nitrogens with zero attached hydrogens (tertiary/aromatic N) is 3. The van der Waals surface area contributed by atoms with E-state index in [1.807, 2.05) is 49.4 Å². The van der Waals surface area contributed by atoms with Crippen LogP contribution < -0.4 is 21.3 Å². The van der Waals surface area contributed by atoms with E-state index in [4.69, 9.17) is 0 Å². The minimum absolute atomic E-state index is 0.0508. The van der Waals surface area contributed by atoms with Gasteiger partial charge in [0.2, 0.25) is 23.8 Å². The Kier molecular flexibility index (Phi) is 7.80. The van der Waals surface area contributed by atoms with Crippen LogP contribution in [0.1, 0.15) is 56.1 Å². The summed E-state index contributed by atoms with van der Waals surface area (Å²) in [6.07, 6.45) is 4.50. The van der Waals surface area contributed by atoms with Crippen LogP contribution in [0.4, 0.5) is 23.5 Å². The fourth-order valence-corrected chi connectivity index (χ4v) is 4.50. The number of benzene rings is 2. The average Bonchev–Trinajstić information content (AvgIpc) is 2.89. The second kappa shape index (κ2) is 11.2. The van der Waals surface area contributed by atoms with Crippen LogP contribution in [-0.2, 0) is 4.79 Å². The molecule has 1 atom stereocenters. The number of anilines is 4. The van der Waals surface area contributed by atoms with Gasteiger partial charge in [-0.25, -0.2) is 0 Å². The van der Waals surface area contributed by atoms with Crippen molar-refractivity contribution in [1.29, 1.82) is 0 Å². The molecule has 2 aromatic carbocycles. The third-order valence-corrected chi connectivity index (χ3v) is 6.68. The predicted octanol–water partition coefficient (Wildman–Crippen LogP) is 5.19. The molecule has 4 rings (SSSR count). The Bertz CT molecular complexity index is 1130. The van der Waals surface area contributed by atoms with Crippen molar-refractivity contribution in [2.24, 2.45) is 0 Å². The molecule has 0 radical (unpaired) electrons. The lowest BCUT2D eigenvalue weighted by molar-refractivity contribution is -0.121. The minimum Gasteiger partial charge on any atom is -0.357 e. The molecule has 0 bridgehead atoms. The van der Waals surface area contributed by atoms with E-state index in [1.165, 1.54) is 5.56 Å². The number of carbonyl (C=O) groups excluding carboxylic acids is 1. The summed E-state index contributed by atoms with van der Waals surface area (Å²) in [5.74, 6) is 1.54. The number of carbonyl (C=O) groups is 1. The molecule has 8 heteroatoms. The van der Waals surface area contributed by atoms with Gasteiger partial charge in [0.05, 0.1) is 0 Å². The highest BCUT2D eigenvalue weighted by molar-refractivity contribution is 6.00. The van der Waals surface area contributed by atoms with Gasteiger partial charge in [0.1, 0.15) is 5.54 Å². The molecule has 0 saturated heterocycles. The number of hydrogen-bond donors (Lipinski definition) is 4. The number of hydrogen-bond acceptors (Lipinski definition) is 7. The Morgan fingerprint density at radius 1 is 0.914 bits per heavy atom. The van der Waals surface area contributed by atoms with Crippen molar-refractivity contribution >= 4 is 29.4 Å². The van der Waals surface area contributed by atoms with Crippen LogP contribution in [0.3, 0.4) is 0 Å². The van der Waals surface area contributed by atoms with Gasteiger partial charge in [0, 0.05) is 19.3 Å². The van der Waals surface area contributed by atoms with Crippen LogP contribution in [0, 0.1) is 6.92 Å². The molecule has 1 fully saturated rings. The molecule has 1 heterocycles. The molecule has 1 aliphatic carbocycles. The summed E-state index contributed by atoms with van der Waals surface area (Å²) < 4.78 is 0. The molecule has 0 unspecified atom stereocenters. The lowest BCUT2D eigenvalue weighted by Crippen LogP contribution is -2.51. The Morgan fingerprint density at radius 2 is 1.57 bits per heavy atom. The van der Waals surface area contributed by atoms with Crippen molar-refractivity contribution in [3.05, 3.63) is 65.7 Å². The minimum atomic E-state index is -0.776. The first-order valence-electron chi connectivity index (χ1n) is 12.4. The van der Waals surface area contributed by atoms with E-state index in [-0.39, 0.29) is 11.8 Å². The Labute approximate surface area is 207 Å². The second-order valence-electron chi connectivity index (χ2n) is 9.29. The summed E-state index contributed by atoms with van der Waals surface area (Å²) in [6.45, 7) is 4.83. The normalized spacial score (nSPS) is 15.6. The summed E-state index contributed by atoms with van der Waals surface area (Å²) in [6, 6.07) is 18.2. The molecule has 4 N–H and O–H groups in total. The molecular weight excluding hydrogens is 438 g/mol. The van der Waals surface area contributed by atoms with Gasteiger partial charge in [-0.3, -0.25) is 4.79 Å².